The summed E-state index contributed by atoms with van der Waals surface area (Å²) in [4.78, 5) is 0.994. The molecule has 0 aliphatic heterocycles. The van der Waals surface area contributed by atoms with Gasteiger partial charge in [-0.1, -0.05) is 24.3 Å². The van der Waals surface area contributed by atoms with Crippen molar-refractivity contribution in [2.75, 3.05) is 14.1 Å². The van der Waals surface area contributed by atoms with Crippen molar-refractivity contribution < 1.29 is 21.6 Å². The summed E-state index contributed by atoms with van der Waals surface area (Å²) in [6, 6.07) is 8.44. The summed E-state index contributed by atoms with van der Waals surface area (Å²) in [7, 11) is -0.574. The zero-order valence-corrected chi connectivity index (χ0v) is 14.0. The summed E-state index contributed by atoms with van der Waals surface area (Å²) in [5.74, 6) is -4.99. The van der Waals surface area contributed by atoms with Crippen molar-refractivity contribution in [3.63, 3.8) is 0 Å². The van der Waals surface area contributed by atoms with Crippen LogP contribution < -0.4 is 4.72 Å². The average molecular weight is 358 g/mol. The third kappa shape index (κ3) is 4.14. The van der Waals surface area contributed by atoms with Gasteiger partial charge in [0.25, 0.3) is 0 Å². The Morgan fingerprint density at radius 2 is 1.58 bits per heavy atom. The smallest absolute Gasteiger partial charge is 0.243 e. The summed E-state index contributed by atoms with van der Waals surface area (Å²) in [6.07, 6.45) is 0. The SMILES string of the molecule is CN(C)Cc1ccccc1CNS(=O)(=O)c1ccc(F)c(F)c1F. The highest BCUT2D eigenvalue weighted by Crippen LogP contribution is 2.20. The molecule has 8 heteroatoms. The van der Waals surface area contributed by atoms with Gasteiger partial charge in [-0.15, -0.1) is 0 Å². The van der Waals surface area contributed by atoms with Gasteiger partial charge in [-0.3, -0.25) is 0 Å². The van der Waals surface area contributed by atoms with Crippen LogP contribution in [-0.4, -0.2) is 27.4 Å². The predicted octanol–water partition coefficient (Wildman–Crippen LogP) is 2.64. The zero-order valence-electron chi connectivity index (χ0n) is 13.2. The van der Waals surface area contributed by atoms with E-state index in [1.807, 2.05) is 31.1 Å². The van der Waals surface area contributed by atoms with E-state index >= 15 is 0 Å². The topological polar surface area (TPSA) is 49.4 Å². The van der Waals surface area contributed by atoms with E-state index in [1.165, 1.54) is 0 Å². The van der Waals surface area contributed by atoms with E-state index in [1.54, 1.807) is 12.1 Å². The minimum Gasteiger partial charge on any atom is -0.305 e. The van der Waals surface area contributed by atoms with Crippen LogP contribution in [0.4, 0.5) is 13.2 Å². The first-order valence-electron chi connectivity index (χ1n) is 7.07. The quantitative estimate of drug-likeness (QED) is 0.808. The standard InChI is InChI=1S/C16H17F3N2O2S/c1-21(2)10-12-6-4-3-5-11(12)9-20-24(22,23)14-8-7-13(17)15(18)16(14)19/h3-8,20H,9-10H2,1-2H3. The van der Waals surface area contributed by atoms with Crippen molar-refractivity contribution in [2.45, 2.75) is 18.0 Å². The van der Waals surface area contributed by atoms with Gasteiger partial charge >= 0.3 is 0 Å². The van der Waals surface area contributed by atoms with E-state index in [0.717, 1.165) is 5.56 Å². The molecular formula is C16H17F3N2O2S. The minimum absolute atomic E-state index is 0.0925. The van der Waals surface area contributed by atoms with Crippen molar-refractivity contribution in [3.8, 4) is 0 Å². The number of rotatable bonds is 6. The van der Waals surface area contributed by atoms with Crippen LogP contribution in [0.1, 0.15) is 11.1 Å². The maximum absolute atomic E-state index is 13.7. The van der Waals surface area contributed by atoms with E-state index in [9.17, 15) is 21.6 Å². The molecule has 0 aliphatic rings. The molecule has 0 saturated carbocycles. The zero-order chi connectivity index (χ0) is 17.9. The summed E-state index contributed by atoms with van der Waals surface area (Å²) < 4.78 is 66.4. The highest BCUT2D eigenvalue weighted by atomic mass is 32.2. The first kappa shape index (κ1) is 18.4. The lowest BCUT2D eigenvalue weighted by molar-refractivity contribution is 0.400. The molecule has 0 aromatic heterocycles. The lowest BCUT2D eigenvalue weighted by Gasteiger charge is -2.15. The fourth-order valence-corrected chi connectivity index (χ4v) is 3.26. The van der Waals surface area contributed by atoms with Crippen LogP contribution in [-0.2, 0) is 23.1 Å². The van der Waals surface area contributed by atoms with E-state index in [4.69, 9.17) is 0 Å². The summed E-state index contributed by atoms with van der Waals surface area (Å²) in [6.45, 7) is 0.502. The highest BCUT2D eigenvalue weighted by Gasteiger charge is 2.24. The summed E-state index contributed by atoms with van der Waals surface area (Å²) >= 11 is 0. The Morgan fingerprint density at radius 1 is 0.958 bits per heavy atom. The lowest BCUT2D eigenvalue weighted by Crippen LogP contribution is -2.25. The fourth-order valence-electron chi connectivity index (χ4n) is 2.19. The van der Waals surface area contributed by atoms with Crippen LogP contribution in [0.15, 0.2) is 41.3 Å². The largest absolute Gasteiger partial charge is 0.305 e. The Bertz CT molecular complexity index is 839. The van der Waals surface area contributed by atoms with Crippen LogP contribution in [0, 0.1) is 17.5 Å². The van der Waals surface area contributed by atoms with E-state index < -0.39 is 32.4 Å². The normalized spacial score (nSPS) is 11.9. The van der Waals surface area contributed by atoms with E-state index in [-0.39, 0.29) is 6.54 Å². The first-order chi connectivity index (χ1) is 11.2. The van der Waals surface area contributed by atoms with Crippen molar-refractivity contribution >= 4 is 10.0 Å². The summed E-state index contributed by atoms with van der Waals surface area (Å²) in [5.41, 5.74) is 1.61. The van der Waals surface area contributed by atoms with Gasteiger partial charge in [0.15, 0.2) is 17.5 Å². The Kier molecular flexibility index (Phi) is 5.63. The number of hydrogen-bond acceptors (Lipinski definition) is 3. The van der Waals surface area contributed by atoms with E-state index in [0.29, 0.717) is 24.2 Å². The number of sulfonamides is 1. The molecule has 0 unspecified atom stereocenters. The van der Waals surface area contributed by atoms with Crippen LogP contribution in [0.3, 0.4) is 0 Å². The number of nitrogens with one attached hydrogen (secondary N) is 1. The van der Waals surface area contributed by atoms with Crippen LogP contribution in [0.25, 0.3) is 0 Å². The molecular weight excluding hydrogens is 341 g/mol. The lowest BCUT2D eigenvalue weighted by atomic mass is 10.1. The molecule has 0 heterocycles. The molecule has 0 aliphatic carbocycles. The average Bonchev–Trinajstić information content (AvgIpc) is 2.51. The number of hydrogen-bond donors (Lipinski definition) is 1. The van der Waals surface area contributed by atoms with Gasteiger partial charge in [0.1, 0.15) is 4.90 Å². The molecule has 0 spiro atoms. The number of nitrogens with zero attached hydrogens (tertiary/aromatic N) is 1. The van der Waals surface area contributed by atoms with E-state index in [2.05, 4.69) is 4.72 Å². The maximum atomic E-state index is 13.7. The molecule has 0 saturated heterocycles. The Balaban J connectivity index is 2.25. The molecule has 1 N–H and O–H groups in total. The van der Waals surface area contributed by atoms with Crippen molar-refractivity contribution in [1.29, 1.82) is 0 Å². The van der Waals surface area contributed by atoms with Crippen LogP contribution >= 0.6 is 0 Å². The van der Waals surface area contributed by atoms with Gasteiger partial charge in [0, 0.05) is 13.1 Å². The predicted molar refractivity (Wildman–Crippen MR) is 84.2 cm³/mol. The molecule has 0 fully saturated rings. The molecule has 0 amide bonds. The van der Waals surface area contributed by atoms with Gasteiger partial charge in [-0.05, 0) is 37.4 Å². The van der Waals surface area contributed by atoms with Gasteiger partial charge in [-0.25, -0.2) is 26.3 Å². The number of halogens is 3. The fraction of sp³-hybridized carbons (Fsp3) is 0.250. The molecule has 2 aromatic rings. The Labute approximate surface area is 139 Å². The molecule has 2 aromatic carbocycles. The Morgan fingerprint density at radius 3 is 2.21 bits per heavy atom. The van der Waals surface area contributed by atoms with Gasteiger partial charge in [0.2, 0.25) is 10.0 Å². The first-order valence-corrected chi connectivity index (χ1v) is 8.55. The van der Waals surface area contributed by atoms with Crippen molar-refractivity contribution in [3.05, 3.63) is 65.0 Å². The molecule has 0 atom stereocenters. The molecule has 4 nitrogen and oxygen atoms in total. The second-order valence-electron chi connectivity index (χ2n) is 5.50. The van der Waals surface area contributed by atoms with Gasteiger partial charge in [-0.2, -0.15) is 0 Å². The maximum Gasteiger partial charge on any atom is 0.243 e. The van der Waals surface area contributed by atoms with Crippen molar-refractivity contribution in [2.24, 2.45) is 0 Å². The number of benzene rings is 2. The third-order valence-electron chi connectivity index (χ3n) is 3.35. The van der Waals surface area contributed by atoms with Gasteiger partial charge < -0.3 is 4.90 Å². The third-order valence-corrected chi connectivity index (χ3v) is 4.77. The molecule has 24 heavy (non-hydrogen) atoms. The monoisotopic (exact) mass is 358 g/mol. The molecule has 2 rings (SSSR count). The van der Waals surface area contributed by atoms with Crippen molar-refractivity contribution in [1.82, 2.24) is 9.62 Å². The van der Waals surface area contributed by atoms with Crippen LogP contribution in [0.2, 0.25) is 0 Å². The molecule has 130 valence electrons. The van der Waals surface area contributed by atoms with Crippen LogP contribution in [0.5, 0.6) is 0 Å². The second-order valence-corrected chi connectivity index (χ2v) is 7.24. The van der Waals surface area contributed by atoms with Gasteiger partial charge in [0.05, 0.1) is 0 Å². The molecule has 0 radical (unpaired) electrons. The summed E-state index contributed by atoms with van der Waals surface area (Å²) in [5, 5.41) is 0. The molecule has 0 bridgehead atoms. The Hall–Kier alpha value is -1.90. The highest BCUT2D eigenvalue weighted by molar-refractivity contribution is 7.89. The minimum atomic E-state index is -4.32. The second kappa shape index (κ2) is 7.33.